The van der Waals surface area contributed by atoms with Crippen LogP contribution in [0.15, 0.2) is 77.7 Å². The maximum atomic E-state index is 13.9. The summed E-state index contributed by atoms with van der Waals surface area (Å²) in [5.41, 5.74) is 0.838. The van der Waals surface area contributed by atoms with Crippen molar-refractivity contribution < 1.29 is 39.6 Å². The number of hydrogen-bond acceptors (Lipinski definition) is 4. The highest BCUT2D eigenvalue weighted by Crippen LogP contribution is 2.40. The van der Waals surface area contributed by atoms with Crippen LogP contribution < -0.4 is 10.2 Å². The standard InChI is InChI=1S/C29H28F6N2O3S/c1-2-41(39,40)25-14-3-19(4-15-25)17-36-27(38)21-7-12-24(13-8-21)37-18-22(9-16-26(37)29(33,34)35)20-5-10-23(11-6-20)28(30,31)32/h3-8,10-15,22,26H,2,9,16-18H2,1H3,(H,36,38)/t22?,26-/m0/s1. The minimum atomic E-state index is -4.52. The molecule has 0 aromatic heterocycles. The Kier molecular flexibility index (Phi) is 8.72. The lowest BCUT2D eigenvalue weighted by Gasteiger charge is -2.42. The zero-order valence-corrected chi connectivity index (χ0v) is 22.8. The van der Waals surface area contributed by atoms with Crippen molar-refractivity contribution in [2.75, 3.05) is 17.2 Å². The third kappa shape index (κ3) is 7.22. The molecule has 0 radical (unpaired) electrons. The molecular formula is C29H28F6N2O3S. The molecule has 3 aromatic carbocycles. The van der Waals surface area contributed by atoms with Crippen molar-refractivity contribution in [2.45, 2.75) is 55.5 Å². The number of anilines is 1. The monoisotopic (exact) mass is 598 g/mol. The normalized spacial score (nSPS) is 18.3. The van der Waals surface area contributed by atoms with Crippen molar-refractivity contribution in [1.29, 1.82) is 0 Å². The number of halogens is 6. The second-order valence-corrected chi connectivity index (χ2v) is 12.2. The predicted octanol–water partition coefficient (Wildman–Crippen LogP) is 6.74. The number of alkyl halides is 6. The summed E-state index contributed by atoms with van der Waals surface area (Å²) in [5.74, 6) is -0.899. The summed E-state index contributed by atoms with van der Waals surface area (Å²) in [7, 11) is -3.35. The number of benzene rings is 3. The summed E-state index contributed by atoms with van der Waals surface area (Å²) in [6.45, 7) is 1.61. The molecule has 0 saturated carbocycles. The molecule has 0 bridgehead atoms. The number of sulfone groups is 1. The molecule has 1 amide bonds. The first-order valence-corrected chi connectivity index (χ1v) is 14.5. The molecule has 1 aliphatic rings. The summed E-state index contributed by atoms with van der Waals surface area (Å²) < 4.78 is 104. The predicted molar refractivity (Wildman–Crippen MR) is 142 cm³/mol. The highest BCUT2D eigenvalue weighted by atomic mass is 32.2. The lowest BCUT2D eigenvalue weighted by atomic mass is 9.86. The Morgan fingerprint density at radius 2 is 1.49 bits per heavy atom. The first-order valence-electron chi connectivity index (χ1n) is 12.9. The summed E-state index contributed by atoms with van der Waals surface area (Å²) in [6.07, 6.45) is -9.09. The molecule has 1 heterocycles. The van der Waals surface area contributed by atoms with E-state index in [1.807, 2.05) is 0 Å². The van der Waals surface area contributed by atoms with Crippen LogP contribution in [0.5, 0.6) is 0 Å². The van der Waals surface area contributed by atoms with Crippen molar-refractivity contribution in [1.82, 2.24) is 5.32 Å². The number of nitrogens with zero attached hydrogens (tertiary/aromatic N) is 1. The highest BCUT2D eigenvalue weighted by molar-refractivity contribution is 7.91. The lowest BCUT2D eigenvalue weighted by Crippen LogP contribution is -2.50. The zero-order valence-electron chi connectivity index (χ0n) is 22.0. The molecule has 4 rings (SSSR count). The number of nitrogens with one attached hydrogen (secondary N) is 1. The van der Waals surface area contributed by atoms with E-state index < -0.39 is 45.6 Å². The largest absolute Gasteiger partial charge is 0.416 e. The summed E-state index contributed by atoms with van der Waals surface area (Å²) in [6, 6.07) is 14.5. The zero-order chi connectivity index (χ0) is 30.0. The topological polar surface area (TPSA) is 66.5 Å². The van der Waals surface area contributed by atoms with Crippen LogP contribution >= 0.6 is 0 Å². The number of hydrogen-bond donors (Lipinski definition) is 1. The number of carbonyl (C=O) groups is 1. The average Bonchev–Trinajstić information content (AvgIpc) is 2.95. The molecule has 3 aromatic rings. The van der Waals surface area contributed by atoms with Crippen molar-refractivity contribution in [3.05, 3.63) is 95.1 Å². The van der Waals surface area contributed by atoms with Crippen LogP contribution in [0.25, 0.3) is 0 Å². The Bertz CT molecular complexity index is 1450. The number of rotatable bonds is 7. The van der Waals surface area contributed by atoms with Crippen molar-refractivity contribution in [3.63, 3.8) is 0 Å². The minimum absolute atomic E-state index is 0.0318. The number of piperidine rings is 1. The van der Waals surface area contributed by atoms with E-state index in [1.54, 1.807) is 19.1 Å². The Labute approximate surface area is 234 Å². The molecule has 1 unspecified atom stereocenters. The van der Waals surface area contributed by atoms with Gasteiger partial charge in [0.25, 0.3) is 5.91 Å². The molecule has 12 heteroatoms. The summed E-state index contributed by atoms with van der Waals surface area (Å²) in [5, 5.41) is 2.70. The van der Waals surface area contributed by atoms with Crippen LogP contribution in [-0.4, -0.2) is 38.8 Å². The van der Waals surface area contributed by atoms with Gasteiger partial charge in [-0.15, -0.1) is 0 Å². The van der Waals surface area contributed by atoms with E-state index in [0.29, 0.717) is 11.1 Å². The van der Waals surface area contributed by atoms with E-state index in [1.165, 1.54) is 53.4 Å². The third-order valence-corrected chi connectivity index (χ3v) is 9.00. The molecule has 5 nitrogen and oxygen atoms in total. The summed E-state index contributed by atoms with van der Waals surface area (Å²) >= 11 is 0. The Hall–Kier alpha value is -3.54. The number of carbonyl (C=O) groups excluding carboxylic acids is 1. The van der Waals surface area contributed by atoms with E-state index in [2.05, 4.69) is 5.32 Å². The van der Waals surface area contributed by atoms with E-state index in [0.717, 1.165) is 12.1 Å². The highest BCUT2D eigenvalue weighted by Gasteiger charge is 2.46. The van der Waals surface area contributed by atoms with Gasteiger partial charge < -0.3 is 10.2 Å². The van der Waals surface area contributed by atoms with E-state index in [4.69, 9.17) is 0 Å². The van der Waals surface area contributed by atoms with Gasteiger partial charge in [0, 0.05) is 30.3 Å². The fraction of sp³-hybridized carbons (Fsp3) is 0.345. The molecule has 1 saturated heterocycles. The van der Waals surface area contributed by atoms with Gasteiger partial charge in [-0.2, -0.15) is 26.3 Å². The van der Waals surface area contributed by atoms with Gasteiger partial charge >= 0.3 is 12.4 Å². The van der Waals surface area contributed by atoms with Gasteiger partial charge in [0.2, 0.25) is 0 Å². The minimum Gasteiger partial charge on any atom is -0.359 e. The second-order valence-electron chi connectivity index (χ2n) is 9.88. The summed E-state index contributed by atoms with van der Waals surface area (Å²) in [4.78, 5) is 14.0. The van der Waals surface area contributed by atoms with Gasteiger partial charge in [0.05, 0.1) is 16.2 Å². The Balaban J connectivity index is 1.46. The van der Waals surface area contributed by atoms with Crippen LogP contribution in [0, 0.1) is 0 Å². The van der Waals surface area contributed by atoms with Crippen LogP contribution in [0.1, 0.15) is 52.7 Å². The second kappa shape index (κ2) is 11.8. The van der Waals surface area contributed by atoms with Gasteiger partial charge in [0.1, 0.15) is 6.04 Å². The first kappa shape index (κ1) is 30.4. The third-order valence-electron chi connectivity index (χ3n) is 7.25. The molecular weight excluding hydrogens is 570 g/mol. The van der Waals surface area contributed by atoms with Crippen molar-refractivity contribution in [3.8, 4) is 0 Å². The molecule has 1 fully saturated rings. The van der Waals surface area contributed by atoms with Gasteiger partial charge in [-0.05, 0) is 72.5 Å². The smallest absolute Gasteiger partial charge is 0.359 e. The Morgan fingerprint density at radius 3 is 2.02 bits per heavy atom. The van der Waals surface area contributed by atoms with Gasteiger partial charge in [-0.3, -0.25) is 4.79 Å². The average molecular weight is 599 g/mol. The molecule has 0 spiro atoms. The quantitative estimate of drug-likeness (QED) is 0.306. The fourth-order valence-corrected chi connectivity index (χ4v) is 5.77. The van der Waals surface area contributed by atoms with Crippen LogP contribution in [-0.2, 0) is 22.6 Å². The molecule has 2 atom stereocenters. The molecule has 220 valence electrons. The number of amides is 1. The molecule has 0 aliphatic carbocycles. The molecule has 1 N–H and O–H groups in total. The van der Waals surface area contributed by atoms with Gasteiger partial charge in [-0.25, -0.2) is 8.42 Å². The van der Waals surface area contributed by atoms with E-state index in [-0.39, 0.29) is 47.8 Å². The maximum Gasteiger partial charge on any atom is 0.416 e. The van der Waals surface area contributed by atoms with Gasteiger partial charge in [-0.1, -0.05) is 31.2 Å². The Morgan fingerprint density at radius 1 is 0.878 bits per heavy atom. The van der Waals surface area contributed by atoms with E-state index >= 15 is 0 Å². The van der Waals surface area contributed by atoms with Crippen LogP contribution in [0.3, 0.4) is 0 Å². The lowest BCUT2D eigenvalue weighted by molar-refractivity contribution is -0.153. The SMILES string of the molecule is CCS(=O)(=O)c1ccc(CNC(=O)c2ccc(N3CC(c4ccc(C(F)(F)F)cc4)CC[C@H]3C(F)(F)F)cc2)cc1. The maximum absolute atomic E-state index is 13.9. The van der Waals surface area contributed by atoms with E-state index in [9.17, 15) is 39.6 Å². The van der Waals surface area contributed by atoms with Crippen LogP contribution in [0.4, 0.5) is 32.0 Å². The van der Waals surface area contributed by atoms with Crippen molar-refractivity contribution in [2.24, 2.45) is 0 Å². The van der Waals surface area contributed by atoms with Crippen molar-refractivity contribution >= 4 is 21.4 Å². The van der Waals surface area contributed by atoms with Crippen LogP contribution in [0.2, 0.25) is 0 Å². The van der Waals surface area contributed by atoms with Gasteiger partial charge in [0.15, 0.2) is 9.84 Å². The first-order chi connectivity index (χ1) is 19.2. The fourth-order valence-electron chi connectivity index (χ4n) is 4.88. The molecule has 41 heavy (non-hydrogen) atoms. The molecule has 1 aliphatic heterocycles.